The van der Waals surface area contributed by atoms with E-state index in [9.17, 15) is 13.2 Å². The van der Waals surface area contributed by atoms with Crippen LogP contribution < -0.4 is 5.32 Å². The van der Waals surface area contributed by atoms with Crippen LogP contribution in [0.15, 0.2) is 0 Å². The number of hydrogen-bond donors (Lipinski definition) is 1. The van der Waals surface area contributed by atoms with Gasteiger partial charge in [-0.25, -0.2) is 8.42 Å². The van der Waals surface area contributed by atoms with E-state index in [0.717, 1.165) is 19.4 Å². The van der Waals surface area contributed by atoms with Crippen LogP contribution in [-0.2, 0) is 19.4 Å². The van der Waals surface area contributed by atoms with E-state index in [4.69, 9.17) is 0 Å². The van der Waals surface area contributed by atoms with E-state index in [-0.39, 0.29) is 24.3 Å². The van der Waals surface area contributed by atoms with Gasteiger partial charge in [-0.15, -0.1) is 0 Å². The molecule has 19 heavy (non-hydrogen) atoms. The lowest BCUT2D eigenvalue weighted by molar-refractivity contribution is -0.139. The van der Waals surface area contributed by atoms with Crippen LogP contribution in [0.2, 0.25) is 0 Å². The van der Waals surface area contributed by atoms with Crippen molar-refractivity contribution < 1.29 is 17.9 Å². The zero-order valence-corrected chi connectivity index (χ0v) is 13.3. The SMILES string of the molecule is CCCNC(CS(=O)(=O)CC(=O)OCC)C(C)CC. The summed E-state index contributed by atoms with van der Waals surface area (Å²) in [5.74, 6) is -0.952. The number of carbonyl (C=O) groups excluding carboxylic acids is 1. The Morgan fingerprint density at radius 3 is 2.37 bits per heavy atom. The highest BCUT2D eigenvalue weighted by Gasteiger charge is 2.25. The molecule has 0 aliphatic rings. The third-order valence-electron chi connectivity index (χ3n) is 3.06. The van der Waals surface area contributed by atoms with Gasteiger partial charge in [0.2, 0.25) is 0 Å². The molecule has 5 nitrogen and oxygen atoms in total. The van der Waals surface area contributed by atoms with Crippen molar-refractivity contribution in [1.29, 1.82) is 0 Å². The maximum Gasteiger partial charge on any atom is 0.321 e. The lowest BCUT2D eigenvalue weighted by Gasteiger charge is -2.24. The van der Waals surface area contributed by atoms with E-state index in [1.54, 1.807) is 6.92 Å². The summed E-state index contributed by atoms with van der Waals surface area (Å²) in [5.41, 5.74) is 0. The minimum atomic E-state index is -3.42. The Morgan fingerprint density at radius 1 is 1.26 bits per heavy atom. The van der Waals surface area contributed by atoms with Gasteiger partial charge >= 0.3 is 5.97 Å². The van der Waals surface area contributed by atoms with Crippen molar-refractivity contribution in [3.8, 4) is 0 Å². The molecule has 0 saturated carbocycles. The van der Waals surface area contributed by atoms with Crippen LogP contribution >= 0.6 is 0 Å². The molecule has 0 aliphatic carbocycles. The Bertz CT molecular complexity index is 354. The zero-order chi connectivity index (χ0) is 14.9. The molecule has 114 valence electrons. The molecule has 2 unspecified atom stereocenters. The minimum absolute atomic E-state index is 0.0131. The fraction of sp³-hybridized carbons (Fsp3) is 0.923. The molecule has 6 heteroatoms. The number of carbonyl (C=O) groups is 1. The maximum atomic E-state index is 12.0. The third kappa shape index (κ3) is 8.21. The summed E-state index contributed by atoms with van der Waals surface area (Å²) in [5, 5.41) is 3.25. The van der Waals surface area contributed by atoms with Crippen LogP contribution in [0.25, 0.3) is 0 Å². The second-order valence-corrected chi connectivity index (χ2v) is 6.91. The van der Waals surface area contributed by atoms with E-state index >= 15 is 0 Å². The van der Waals surface area contributed by atoms with Crippen LogP contribution in [0.3, 0.4) is 0 Å². The van der Waals surface area contributed by atoms with Crippen molar-refractivity contribution in [2.45, 2.75) is 46.6 Å². The molecule has 0 heterocycles. The van der Waals surface area contributed by atoms with Crippen LogP contribution in [0.1, 0.15) is 40.5 Å². The Hall–Kier alpha value is -0.620. The number of nitrogens with one attached hydrogen (secondary N) is 1. The molecule has 2 atom stereocenters. The van der Waals surface area contributed by atoms with Crippen LogP contribution in [0.5, 0.6) is 0 Å². The van der Waals surface area contributed by atoms with Gasteiger partial charge in [0.15, 0.2) is 9.84 Å². The molecule has 0 radical (unpaired) electrons. The minimum Gasteiger partial charge on any atom is -0.465 e. The average Bonchev–Trinajstić information content (AvgIpc) is 2.32. The van der Waals surface area contributed by atoms with Gasteiger partial charge in [0.1, 0.15) is 5.75 Å². The van der Waals surface area contributed by atoms with Gasteiger partial charge in [-0.3, -0.25) is 4.79 Å². The highest BCUT2D eigenvalue weighted by atomic mass is 32.2. The standard InChI is InChI=1S/C13H27NO4S/c1-5-8-14-12(11(4)6-2)9-19(16,17)10-13(15)18-7-3/h11-12,14H,5-10H2,1-4H3. The predicted molar refractivity (Wildman–Crippen MR) is 76.8 cm³/mol. The summed E-state index contributed by atoms with van der Waals surface area (Å²) in [6.07, 6.45) is 1.85. The average molecular weight is 293 g/mol. The Kier molecular flexibility index (Phi) is 9.01. The maximum absolute atomic E-state index is 12.0. The Morgan fingerprint density at radius 2 is 1.89 bits per heavy atom. The summed E-state index contributed by atoms with van der Waals surface area (Å²) in [7, 11) is -3.42. The summed E-state index contributed by atoms with van der Waals surface area (Å²) >= 11 is 0. The molecule has 0 aliphatic heterocycles. The number of sulfone groups is 1. The fourth-order valence-corrected chi connectivity index (χ4v) is 3.31. The molecular formula is C13H27NO4S. The van der Waals surface area contributed by atoms with Crippen LogP contribution in [0, 0.1) is 5.92 Å². The third-order valence-corrected chi connectivity index (χ3v) is 4.61. The number of esters is 1. The number of rotatable bonds is 10. The van der Waals surface area contributed by atoms with Crippen molar-refractivity contribution >= 4 is 15.8 Å². The van der Waals surface area contributed by atoms with Crippen molar-refractivity contribution in [3.63, 3.8) is 0 Å². The fourth-order valence-electron chi connectivity index (χ4n) is 1.75. The van der Waals surface area contributed by atoms with Crippen molar-refractivity contribution in [2.24, 2.45) is 5.92 Å². The summed E-state index contributed by atoms with van der Waals surface area (Å²) < 4.78 is 28.6. The number of ether oxygens (including phenoxy) is 1. The summed E-state index contributed by atoms with van der Waals surface area (Å²) in [6, 6.07) is -0.107. The highest BCUT2D eigenvalue weighted by Crippen LogP contribution is 2.11. The first kappa shape index (κ1) is 18.4. The second kappa shape index (κ2) is 9.31. The molecule has 0 aromatic heterocycles. The lowest BCUT2D eigenvalue weighted by Crippen LogP contribution is -2.42. The van der Waals surface area contributed by atoms with Crippen molar-refractivity contribution in [1.82, 2.24) is 5.32 Å². The second-order valence-electron chi connectivity index (χ2n) is 4.81. The largest absolute Gasteiger partial charge is 0.465 e. The molecule has 0 rings (SSSR count). The quantitative estimate of drug-likeness (QED) is 0.616. The molecule has 0 saturated heterocycles. The highest BCUT2D eigenvalue weighted by molar-refractivity contribution is 7.92. The molecule has 0 amide bonds. The van der Waals surface area contributed by atoms with Gasteiger partial charge < -0.3 is 10.1 Å². The normalized spacial score (nSPS) is 14.9. The molecule has 1 N–H and O–H groups in total. The Balaban J connectivity index is 4.58. The number of hydrogen-bond acceptors (Lipinski definition) is 5. The van der Waals surface area contributed by atoms with Crippen LogP contribution in [-0.4, -0.2) is 45.1 Å². The van der Waals surface area contributed by atoms with E-state index in [1.807, 2.05) is 20.8 Å². The molecule has 0 aromatic carbocycles. The van der Waals surface area contributed by atoms with E-state index in [1.165, 1.54) is 0 Å². The zero-order valence-electron chi connectivity index (χ0n) is 12.4. The molecule has 0 bridgehead atoms. The van der Waals surface area contributed by atoms with Gasteiger partial charge in [-0.05, 0) is 25.8 Å². The van der Waals surface area contributed by atoms with Crippen molar-refractivity contribution in [3.05, 3.63) is 0 Å². The molecule has 0 spiro atoms. The van der Waals surface area contributed by atoms with Crippen LogP contribution in [0.4, 0.5) is 0 Å². The van der Waals surface area contributed by atoms with Gasteiger partial charge in [0, 0.05) is 6.04 Å². The molecular weight excluding hydrogens is 266 g/mol. The van der Waals surface area contributed by atoms with E-state index in [2.05, 4.69) is 10.1 Å². The van der Waals surface area contributed by atoms with E-state index in [0.29, 0.717) is 0 Å². The van der Waals surface area contributed by atoms with Gasteiger partial charge in [0.25, 0.3) is 0 Å². The molecule has 0 fully saturated rings. The predicted octanol–water partition coefficient (Wildman–Crippen LogP) is 1.38. The lowest BCUT2D eigenvalue weighted by atomic mass is 10.0. The van der Waals surface area contributed by atoms with Gasteiger partial charge in [-0.1, -0.05) is 27.2 Å². The van der Waals surface area contributed by atoms with Gasteiger partial charge in [-0.2, -0.15) is 0 Å². The topological polar surface area (TPSA) is 72.5 Å². The monoisotopic (exact) mass is 293 g/mol. The summed E-state index contributed by atoms with van der Waals surface area (Å²) in [4.78, 5) is 11.3. The Labute approximate surface area is 117 Å². The first-order chi connectivity index (χ1) is 8.86. The van der Waals surface area contributed by atoms with E-state index < -0.39 is 21.6 Å². The smallest absolute Gasteiger partial charge is 0.321 e. The molecule has 0 aromatic rings. The summed E-state index contributed by atoms with van der Waals surface area (Å²) in [6.45, 7) is 8.74. The first-order valence-electron chi connectivity index (χ1n) is 6.95. The van der Waals surface area contributed by atoms with Crippen molar-refractivity contribution in [2.75, 3.05) is 24.7 Å². The first-order valence-corrected chi connectivity index (χ1v) is 8.77. The van der Waals surface area contributed by atoms with Gasteiger partial charge in [0.05, 0.1) is 12.4 Å².